The van der Waals surface area contributed by atoms with E-state index in [2.05, 4.69) is 23.7 Å². The molecule has 2 heteroatoms. The summed E-state index contributed by atoms with van der Waals surface area (Å²) in [5, 5.41) is 0. The zero-order chi connectivity index (χ0) is 9.36. The summed E-state index contributed by atoms with van der Waals surface area (Å²) in [6, 6.07) is 5.57. The van der Waals surface area contributed by atoms with Gasteiger partial charge in [-0.15, -0.1) is 0 Å². The third kappa shape index (κ3) is 4.17. The Hall–Kier alpha value is -1.49. The van der Waals surface area contributed by atoms with Gasteiger partial charge in [-0.1, -0.05) is 24.8 Å². The van der Waals surface area contributed by atoms with Crippen LogP contribution < -0.4 is 4.74 Å². The SMILES string of the molecule is CCCC#CCOc1ccccn1. The van der Waals surface area contributed by atoms with Gasteiger partial charge in [0.25, 0.3) is 0 Å². The van der Waals surface area contributed by atoms with E-state index in [1.165, 1.54) is 0 Å². The van der Waals surface area contributed by atoms with Gasteiger partial charge in [-0.25, -0.2) is 4.98 Å². The number of unbranched alkanes of at least 4 members (excludes halogenated alkanes) is 1. The molecule has 0 unspecified atom stereocenters. The van der Waals surface area contributed by atoms with Gasteiger partial charge < -0.3 is 4.74 Å². The monoisotopic (exact) mass is 175 g/mol. The molecule has 0 radical (unpaired) electrons. The van der Waals surface area contributed by atoms with Crippen LogP contribution in [0.2, 0.25) is 0 Å². The molecule has 0 N–H and O–H groups in total. The van der Waals surface area contributed by atoms with Crippen LogP contribution in [-0.2, 0) is 0 Å². The summed E-state index contributed by atoms with van der Waals surface area (Å²) < 4.78 is 5.27. The summed E-state index contributed by atoms with van der Waals surface area (Å²) in [6.45, 7) is 2.53. The second-order valence-electron chi connectivity index (χ2n) is 2.56. The van der Waals surface area contributed by atoms with Gasteiger partial charge in [0, 0.05) is 18.7 Å². The summed E-state index contributed by atoms with van der Waals surface area (Å²) >= 11 is 0. The highest BCUT2D eigenvalue weighted by molar-refractivity contribution is 5.10. The summed E-state index contributed by atoms with van der Waals surface area (Å²) in [5.74, 6) is 6.56. The normalized spacial score (nSPS) is 8.69. The van der Waals surface area contributed by atoms with E-state index in [1.807, 2.05) is 18.2 Å². The Balaban J connectivity index is 2.25. The quantitative estimate of drug-likeness (QED) is 0.657. The summed E-state index contributed by atoms with van der Waals surface area (Å²) in [6.07, 6.45) is 3.73. The van der Waals surface area contributed by atoms with Gasteiger partial charge in [-0.3, -0.25) is 0 Å². The van der Waals surface area contributed by atoms with Crippen molar-refractivity contribution in [3.8, 4) is 17.7 Å². The zero-order valence-corrected chi connectivity index (χ0v) is 7.79. The Morgan fingerprint density at radius 2 is 2.31 bits per heavy atom. The van der Waals surface area contributed by atoms with E-state index in [0.717, 1.165) is 12.8 Å². The Kier molecular flexibility index (Phi) is 4.48. The molecule has 0 atom stereocenters. The zero-order valence-electron chi connectivity index (χ0n) is 7.79. The van der Waals surface area contributed by atoms with E-state index in [1.54, 1.807) is 6.20 Å². The molecule has 1 aromatic heterocycles. The molecule has 68 valence electrons. The first-order chi connectivity index (χ1) is 6.43. The van der Waals surface area contributed by atoms with Crippen LogP contribution in [0.3, 0.4) is 0 Å². The standard InChI is InChI=1S/C11H13NO/c1-2-3-4-7-10-13-11-8-5-6-9-12-11/h5-6,8-9H,2-3,10H2,1H3. The minimum absolute atomic E-state index is 0.428. The molecule has 2 nitrogen and oxygen atoms in total. The van der Waals surface area contributed by atoms with Gasteiger partial charge in [0.1, 0.15) is 0 Å². The highest BCUT2D eigenvalue weighted by atomic mass is 16.5. The third-order valence-electron chi connectivity index (χ3n) is 1.43. The Morgan fingerprint density at radius 1 is 1.38 bits per heavy atom. The molecule has 0 saturated heterocycles. The van der Waals surface area contributed by atoms with Crippen LogP contribution in [0, 0.1) is 11.8 Å². The van der Waals surface area contributed by atoms with Gasteiger partial charge in [0.15, 0.2) is 6.61 Å². The lowest BCUT2D eigenvalue weighted by Gasteiger charge is -1.97. The lowest BCUT2D eigenvalue weighted by atomic mass is 10.3. The van der Waals surface area contributed by atoms with Crippen LogP contribution in [0.5, 0.6) is 5.88 Å². The molecule has 1 rings (SSSR count). The first-order valence-electron chi connectivity index (χ1n) is 4.43. The van der Waals surface area contributed by atoms with E-state index < -0.39 is 0 Å². The molecule has 13 heavy (non-hydrogen) atoms. The molecule has 0 aliphatic carbocycles. The average Bonchev–Trinajstić information content (AvgIpc) is 2.19. The molecular weight excluding hydrogens is 162 g/mol. The molecule has 0 aromatic carbocycles. The van der Waals surface area contributed by atoms with Crippen molar-refractivity contribution in [3.05, 3.63) is 24.4 Å². The third-order valence-corrected chi connectivity index (χ3v) is 1.43. The van der Waals surface area contributed by atoms with E-state index in [9.17, 15) is 0 Å². The molecule has 0 aliphatic heterocycles. The van der Waals surface area contributed by atoms with Crippen LogP contribution in [0.25, 0.3) is 0 Å². The van der Waals surface area contributed by atoms with E-state index >= 15 is 0 Å². The summed E-state index contributed by atoms with van der Waals surface area (Å²) in [5.41, 5.74) is 0. The molecule has 1 aromatic rings. The largest absolute Gasteiger partial charge is 0.464 e. The second-order valence-corrected chi connectivity index (χ2v) is 2.56. The van der Waals surface area contributed by atoms with Crippen LogP contribution in [-0.4, -0.2) is 11.6 Å². The van der Waals surface area contributed by atoms with Crippen LogP contribution in [0.15, 0.2) is 24.4 Å². The number of pyridine rings is 1. The molecule has 1 heterocycles. The van der Waals surface area contributed by atoms with Crippen molar-refractivity contribution in [1.82, 2.24) is 4.98 Å². The predicted molar refractivity (Wildman–Crippen MR) is 52.4 cm³/mol. The highest BCUT2D eigenvalue weighted by Crippen LogP contribution is 2.01. The maximum absolute atomic E-state index is 5.27. The molecule has 0 aliphatic rings. The summed E-state index contributed by atoms with van der Waals surface area (Å²) in [4.78, 5) is 4.01. The second kappa shape index (κ2) is 6.07. The molecule has 0 saturated carbocycles. The summed E-state index contributed by atoms with van der Waals surface area (Å²) in [7, 11) is 0. The number of ether oxygens (including phenoxy) is 1. The lowest BCUT2D eigenvalue weighted by molar-refractivity contribution is 0.355. The fourth-order valence-corrected chi connectivity index (χ4v) is 0.807. The molecular formula is C11H13NO. The van der Waals surface area contributed by atoms with Crippen molar-refractivity contribution in [3.63, 3.8) is 0 Å². The Labute approximate surface area is 79.0 Å². The number of hydrogen-bond acceptors (Lipinski definition) is 2. The molecule has 0 bridgehead atoms. The predicted octanol–water partition coefficient (Wildman–Crippen LogP) is 2.26. The Bertz CT molecular complexity index is 284. The molecule has 0 fully saturated rings. The first kappa shape index (κ1) is 9.60. The van der Waals surface area contributed by atoms with Crippen molar-refractivity contribution < 1.29 is 4.74 Å². The van der Waals surface area contributed by atoms with Gasteiger partial charge in [0.2, 0.25) is 5.88 Å². The fourth-order valence-electron chi connectivity index (χ4n) is 0.807. The van der Waals surface area contributed by atoms with Crippen molar-refractivity contribution in [2.24, 2.45) is 0 Å². The maximum atomic E-state index is 5.27. The minimum atomic E-state index is 0.428. The van der Waals surface area contributed by atoms with Gasteiger partial charge in [0.05, 0.1) is 0 Å². The Morgan fingerprint density at radius 3 is 3.00 bits per heavy atom. The van der Waals surface area contributed by atoms with Gasteiger partial charge >= 0.3 is 0 Å². The van der Waals surface area contributed by atoms with E-state index in [4.69, 9.17) is 4.74 Å². The molecule has 0 spiro atoms. The average molecular weight is 175 g/mol. The number of hydrogen-bond donors (Lipinski definition) is 0. The van der Waals surface area contributed by atoms with Crippen molar-refractivity contribution in [2.45, 2.75) is 19.8 Å². The van der Waals surface area contributed by atoms with E-state index in [0.29, 0.717) is 12.5 Å². The fraction of sp³-hybridized carbons (Fsp3) is 0.364. The minimum Gasteiger partial charge on any atom is -0.464 e. The van der Waals surface area contributed by atoms with Crippen LogP contribution in [0.4, 0.5) is 0 Å². The van der Waals surface area contributed by atoms with E-state index in [-0.39, 0.29) is 0 Å². The smallest absolute Gasteiger partial charge is 0.214 e. The van der Waals surface area contributed by atoms with Crippen molar-refractivity contribution in [1.29, 1.82) is 0 Å². The number of aromatic nitrogens is 1. The number of rotatable bonds is 3. The van der Waals surface area contributed by atoms with Crippen LogP contribution in [0.1, 0.15) is 19.8 Å². The van der Waals surface area contributed by atoms with Crippen molar-refractivity contribution in [2.75, 3.05) is 6.61 Å². The number of nitrogens with zero attached hydrogens (tertiary/aromatic N) is 1. The van der Waals surface area contributed by atoms with Crippen molar-refractivity contribution >= 4 is 0 Å². The maximum Gasteiger partial charge on any atom is 0.214 e. The highest BCUT2D eigenvalue weighted by Gasteiger charge is 1.87. The van der Waals surface area contributed by atoms with Crippen LogP contribution >= 0.6 is 0 Å². The van der Waals surface area contributed by atoms with Gasteiger partial charge in [-0.05, 0) is 12.5 Å². The first-order valence-corrected chi connectivity index (χ1v) is 4.43. The lowest BCUT2D eigenvalue weighted by Crippen LogP contribution is -1.95. The van der Waals surface area contributed by atoms with Gasteiger partial charge in [-0.2, -0.15) is 0 Å². The molecule has 0 amide bonds. The topological polar surface area (TPSA) is 22.1 Å².